The van der Waals surface area contributed by atoms with Crippen LogP contribution in [0.3, 0.4) is 0 Å². The summed E-state index contributed by atoms with van der Waals surface area (Å²) in [6, 6.07) is 6.14. The molecule has 6 heteroatoms. The SMILES string of the molecule is Fc1ccc(CN2C[C@H]3C[C@H](OCC4CC4)[C@@H](n4cccn4)C[C@H]3C2)c(F)c1. The normalized spacial score (nSPS) is 30.5. The van der Waals surface area contributed by atoms with Crippen molar-refractivity contribution in [3.8, 4) is 0 Å². The molecule has 1 aromatic carbocycles. The molecule has 28 heavy (non-hydrogen) atoms. The zero-order chi connectivity index (χ0) is 19.1. The van der Waals surface area contributed by atoms with Gasteiger partial charge in [0.2, 0.25) is 0 Å². The van der Waals surface area contributed by atoms with E-state index in [-0.39, 0.29) is 12.1 Å². The van der Waals surface area contributed by atoms with Gasteiger partial charge in [0.1, 0.15) is 11.6 Å². The largest absolute Gasteiger partial charge is 0.376 e. The van der Waals surface area contributed by atoms with Crippen molar-refractivity contribution in [2.75, 3.05) is 19.7 Å². The fourth-order valence-corrected chi connectivity index (χ4v) is 4.99. The summed E-state index contributed by atoms with van der Waals surface area (Å²) in [4.78, 5) is 2.31. The number of fused-ring (bicyclic) bond motifs is 1. The Morgan fingerprint density at radius 3 is 2.64 bits per heavy atom. The smallest absolute Gasteiger partial charge is 0.130 e. The molecule has 0 N–H and O–H groups in total. The number of nitrogens with zero attached hydrogens (tertiary/aromatic N) is 3. The fourth-order valence-electron chi connectivity index (χ4n) is 4.99. The van der Waals surface area contributed by atoms with Gasteiger partial charge in [-0.05, 0) is 55.6 Å². The molecule has 2 heterocycles. The van der Waals surface area contributed by atoms with E-state index in [0.717, 1.165) is 44.5 Å². The lowest BCUT2D eigenvalue weighted by molar-refractivity contribution is -0.0371. The molecule has 1 aromatic heterocycles. The highest BCUT2D eigenvalue weighted by Gasteiger charge is 2.44. The monoisotopic (exact) mass is 387 g/mol. The highest BCUT2D eigenvalue weighted by Crippen LogP contribution is 2.43. The number of halogens is 2. The van der Waals surface area contributed by atoms with Crippen molar-refractivity contribution in [3.63, 3.8) is 0 Å². The summed E-state index contributed by atoms with van der Waals surface area (Å²) in [5, 5.41) is 4.49. The lowest BCUT2D eigenvalue weighted by atomic mass is 9.77. The van der Waals surface area contributed by atoms with Crippen LogP contribution in [0, 0.1) is 29.4 Å². The fraction of sp³-hybridized carbons (Fsp3) is 0.591. The third kappa shape index (κ3) is 3.85. The van der Waals surface area contributed by atoms with Gasteiger partial charge in [-0.3, -0.25) is 9.58 Å². The van der Waals surface area contributed by atoms with Crippen LogP contribution in [0.15, 0.2) is 36.7 Å². The summed E-state index contributed by atoms with van der Waals surface area (Å²) in [6.45, 7) is 3.31. The third-order valence-corrected chi connectivity index (χ3v) is 6.68. The molecule has 150 valence electrons. The van der Waals surface area contributed by atoms with Gasteiger partial charge in [-0.1, -0.05) is 6.07 Å². The minimum atomic E-state index is -0.519. The van der Waals surface area contributed by atoms with Crippen LogP contribution in [0.5, 0.6) is 0 Å². The van der Waals surface area contributed by atoms with E-state index in [1.54, 1.807) is 6.07 Å². The van der Waals surface area contributed by atoms with Gasteiger partial charge in [-0.15, -0.1) is 0 Å². The molecule has 0 bridgehead atoms. The van der Waals surface area contributed by atoms with Gasteiger partial charge in [0.25, 0.3) is 0 Å². The Morgan fingerprint density at radius 2 is 1.93 bits per heavy atom. The first kappa shape index (κ1) is 18.3. The van der Waals surface area contributed by atoms with E-state index in [4.69, 9.17) is 4.74 Å². The minimum absolute atomic E-state index is 0.198. The Kier molecular flexibility index (Phi) is 4.93. The molecule has 2 saturated carbocycles. The second-order valence-corrected chi connectivity index (χ2v) is 8.79. The zero-order valence-electron chi connectivity index (χ0n) is 16.0. The van der Waals surface area contributed by atoms with E-state index in [1.165, 1.54) is 18.9 Å². The Bertz CT molecular complexity index is 808. The van der Waals surface area contributed by atoms with Crippen LogP contribution in [-0.4, -0.2) is 40.5 Å². The van der Waals surface area contributed by atoms with Gasteiger partial charge in [0.05, 0.1) is 12.1 Å². The molecule has 1 saturated heterocycles. The number of hydrogen-bond acceptors (Lipinski definition) is 3. The second kappa shape index (κ2) is 7.56. The van der Waals surface area contributed by atoms with Gasteiger partial charge < -0.3 is 4.74 Å². The molecule has 4 atom stereocenters. The van der Waals surface area contributed by atoms with Crippen LogP contribution in [0.2, 0.25) is 0 Å². The maximum absolute atomic E-state index is 14.1. The quantitative estimate of drug-likeness (QED) is 0.749. The van der Waals surface area contributed by atoms with Crippen molar-refractivity contribution in [2.45, 2.75) is 44.4 Å². The van der Waals surface area contributed by atoms with Crippen molar-refractivity contribution in [2.24, 2.45) is 17.8 Å². The molecule has 0 radical (unpaired) electrons. The van der Waals surface area contributed by atoms with Crippen molar-refractivity contribution >= 4 is 0 Å². The van der Waals surface area contributed by atoms with Crippen LogP contribution in [-0.2, 0) is 11.3 Å². The van der Waals surface area contributed by atoms with Crippen LogP contribution < -0.4 is 0 Å². The molecular formula is C22H27F2N3O. The molecule has 3 fully saturated rings. The average molecular weight is 387 g/mol. The van der Waals surface area contributed by atoms with Crippen LogP contribution in [0.25, 0.3) is 0 Å². The summed E-state index contributed by atoms with van der Waals surface area (Å²) < 4.78 is 35.7. The standard InChI is InChI=1S/C22H27F2N3O/c23-19-5-4-16(20(24)10-19)11-26-12-17-8-21(27-7-1-6-25-27)22(9-18(17)13-26)28-14-15-2-3-15/h1,4-7,10,15,17-18,21-22H,2-3,8-9,11-14H2/t17-,18+,21-,22-/m0/s1. The van der Waals surface area contributed by atoms with E-state index in [2.05, 4.69) is 14.7 Å². The number of rotatable bonds is 6. The van der Waals surface area contributed by atoms with Crippen molar-refractivity contribution in [1.82, 2.24) is 14.7 Å². The summed E-state index contributed by atoms with van der Waals surface area (Å²) in [6.07, 6.45) is 8.74. The zero-order valence-corrected chi connectivity index (χ0v) is 16.0. The number of benzene rings is 1. The topological polar surface area (TPSA) is 30.3 Å². The maximum atomic E-state index is 14.1. The summed E-state index contributed by atoms with van der Waals surface area (Å²) in [7, 11) is 0. The lowest BCUT2D eigenvalue weighted by Crippen LogP contribution is -2.38. The summed E-state index contributed by atoms with van der Waals surface area (Å²) in [5.41, 5.74) is 0.574. The first-order valence-corrected chi connectivity index (χ1v) is 10.4. The molecule has 4 nitrogen and oxygen atoms in total. The van der Waals surface area contributed by atoms with Gasteiger partial charge in [-0.25, -0.2) is 8.78 Å². The molecule has 5 rings (SSSR count). The second-order valence-electron chi connectivity index (χ2n) is 8.79. The summed E-state index contributed by atoms with van der Waals surface area (Å²) in [5.74, 6) is 0.916. The van der Waals surface area contributed by atoms with E-state index in [9.17, 15) is 8.78 Å². The number of aromatic nitrogens is 2. The van der Waals surface area contributed by atoms with Crippen LogP contribution in [0.1, 0.15) is 37.3 Å². The van der Waals surface area contributed by atoms with E-state index in [1.807, 2.05) is 18.5 Å². The molecule has 2 aromatic rings. The predicted molar refractivity (Wildman–Crippen MR) is 102 cm³/mol. The van der Waals surface area contributed by atoms with Gasteiger partial charge in [0.15, 0.2) is 0 Å². The molecule has 0 spiro atoms. The molecule has 3 aliphatic rings. The Balaban J connectivity index is 1.27. The predicted octanol–water partition coefficient (Wildman–Crippen LogP) is 4.04. The number of likely N-dealkylation sites (tertiary alicyclic amines) is 1. The van der Waals surface area contributed by atoms with E-state index >= 15 is 0 Å². The van der Waals surface area contributed by atoms with Gasteiger partial charge >= 0.3 is 0 Å². The molecular weight excluding hydrogens is 360 g/mol. The maximum Gasteiger partial charge on any atom is 0.130 e. The number of ether oxygens (including phenoxy) is 1. The first-order valence-electron chi connectivity index (χ1n) is 10.4. The summed E-state index contributed by atoms with van der Waals surface area (Å²) >= 11 is 0. The van der Waals surface area contributed by atoms with E-state index in [0.29, 0.717) is 23.9 Å². The van der Waals surface area contributed by atoms with Crippen LogP contribution in [0.4, 0.5) is 8.78 Å². The van der Waals surface area contributed by atoms with Crippen molar-refractivity contribution in [1.29, 1.82) is 0 Å². The molecule has 1 aliphatic heterocycles. The first-order chi connectivity index (χ1) is 13.7. The Morgan fingerprint density at radius 1 is 1.11 bits per heavy atom. The lowest BCUT2D eigenvalue weighted by Gasteiger charge is -2.38. The number of hydrogen-bond donors (Lipinski definition) is 0. The highest BCUT2D eigenvalue weighted by molar-refractivity contribution is 5.18. The van der Waals surface area contributed by atoms with Crippen LogP contribution >= 0.6 is 0 Å². The van der Waals surface area contributed by atoms with E-state index < -0.39 is 11.6 Å². The Labute approximate surface area is 164 Å². The van der Waals surface area contributed by atoms with Gasteiger partial charge in [0, 0.05) is 50.3 Å². The molecule has 2 aliphatic carbocycles. The van der Waals surface area contributed by atoms with Crippen molar-refractivity contribution < 1.29 is 13.5 Å². The molecule has 0 amide bonds. The highest BCUT2D eigenvalue weighted by atomic mass is 19.1. The molecule has 0 unspecified atom stereocenters. The van der Waals surface area contributed by atoms with Crippen molar-refractivity contribution in [3.05, 3.63) is 53.9 Å². The average Bonchev–Trinajstić information content (AvgIpc) is 3.18. The minimum Gasteiger partial charge on any atom is -0.376 e. The third-order valence-electron chi connectivity index (χ3n) is 6.68. The Hall–Kier alpha value is -1.79. The van der Waals surface area contributed by atoms with Gasteiger partial charge in [-0.2, -0.15) is 5.10 Å².